The van der Waals surface area contributed by atoms with Crippen LogP contribution in [0.5, 0.6) is 11.5 Å². The number of hydrogen-bond acceptors (Lipinski definition) is 7. The van der Waals surface area contributed by atoms with E-state index in [2.05, 4.69) is 25.7 Å². The largest absolute Gasteiger partial charge is 0.482 e. The molecule has 0 aliphatic carbocycles. The fourth-order valence-electron chi connectivity index (χ4n) is 3.47. The van der Waals surface area contributed by atoms with Gasteiger partial charge in [-0.3, -0.25) is 4.79 Å². The molecule has 148 valence electrons. The van der Waals surface area contributed by atoms with E-state index in [0.29, 0.717) is 30.4 Å². The maximum absolute atomic E-state index is 12.5. The maximum atomic E-state index is 12.5. The van der Waals surface area contributed by atoms with Gasteiger partial charge in [0.25, 0.3) is 5.91 Å². The second-order valence-electron chi connectivity index (χ2n) is 7.02. The van der Waals surface area contributed by atoms with Crippen LogP contribution in [-0.2, 0) is 4.79 Å². The summed E-state index contributed by atoms with van der Waals surface area (Å²) >= 11 is 0. The van der Waals surface area contributed by atoms with Gasteiger partial charge >= 0.3 is 0 Å². The number of nitrogens with zero attached hydrogens (tertiary/aromatic N) is 3. The number of hydrogen-bond donors (Lipinski definition) is 2. The minimum atomic E-state index is -0.673. The molecule has 28 heavy (non-hydrogen) atoms. The molecule has 8 heteroatoms. The van der Waals surface area contributed by atoms with Gasteiger partial charge in [-0.05, 0) is 31.9 Å². The zero-order chi connectivity index (χ0) is 19.3. The summed E-state index contributed by atoms with van der Waals surface area (Å²) in [6.07, 6.45) is 3.19. The molecular weight excluding hydrogens is 358 g/mol. The van der Waals surface area contributed by atoms with Crippen molar-refractivity contribution in [2.45, 2.75) is 32.0 Å². The molecule has 1 fully saturated rings. The first-order valence-corrected chi connectivity index (χ1v) is 9.72. The van der Waals surface area contributed by atoms with E-state index in [1.807, 2.05) is 31.2 Å². The zero-order valence-corrected chi connectivity index (χ0v) is 15.9. The lowest BCUT2D eigenvalue weighted by atomic mass is 10.1. The Morgan fingerprint density at radius 3 is 2.71 bits per heavy atom. The van der Waals surface area contributed by atoms with Crippen molar-refractivity contribution in [1.82, 2.24) is 15.5 Å². The van der Waals surface area contributed by atoms with Crippen molar-refractivity contribution in [3.8, 4) is 11.5 Å². The number of ether oxygens (including phenoxy) is 2. The van der Waals surface area contributed by atoms with Crippen LogP contribution in [0.15, 0.2) is 36.5 Å². The summed E-state index contributed by atoms with van der Waals surface area (Å²) in [6.45, 7) is 4.95. The molecular formula is C20H25N5O3. The van der Waals surface area contributed by atoms with Crippen molar-refractivity contribution in [3.05, 3.63) is 36.5 Å². The number of carbonyl (C=O) groups excluding carboxylic acids is 1. The van der Waals surface area contributed by atoms with Crippen LogP contribution in [0.1, 0.15) is 19.8 Å². The van der Waals surface area contributed by atoms with Crippen LogP contribution < -0.4 is 25.0 Å². The highest BCUT2D eigenvalue weighted by atomic mass is 16.6. The monoisotopic (exact) mass is 383 g/mol. The number of rotatable bonds is 6. The van der Waals surface area contributed by atoms with E-state index in [9.17, 15) is 4.79 Å². The first kappa shape index (κ1) is 18.3. The van der Waals surface area contributed by atoms with Gasteiger partial charge in [-0.1, -0.05) is 12.1 Å². The number of nitrogens with one attached hydrogen (secondary N) is 2. The Morgan fingerprint density at radius 2 is 1.93 bits per heavy atom. The summed E-state index contributed by atoms with van der Waals surface area (Å²) in [7, 11) is 0. The maximum Gasteiger partial charge on any atom is 0.265 e. The highest BCUT2D eigenvalue weighted by molar-refractivity contribution is 5.82. The highest BCUT2D eigenvalue weighted by Gasteiger charge is 2.33. The molecule has 2 atom stereocenters. The molecule has 0 spiro atoms. The molecule has 3 heterocycles. The molecule has 1 saturated heterocycles. The lowest BCUT2D eigenvalue weighted by molar-refractivity contribution is -0.133. The van der Waals surface area contributed by atoms with Crippen LogP contribution in [0, 0.1) is 0 Å². The molecule has 0 radical (unpaired) electrons. The van der Waals surface area contributed by atoms with Gasteiger partial charge in [-0.15, -0.1) is 5.10 Å². The Kier molecular flexibility index (Phi) is 5.45. The number of para-hydroxylation sites is 2. The normalized spacial score (nSPS) is 20.7. The third-order valence-electron chi connectivity index (χ3n) is 4.94. The molecule has 8 nitrogen and oxygen atoms in total. The van der Waals surface area contributed by atoms with E-state index in [0.717, 1.165) is 18.8 Å². The highest BCUT2D eigenvalue weighted by Crippen LogP contribution is 2.33. The van der Waals surface area contributed by atoms with Crippen LogP contribution in [0.2, 0.25) is 0 Å². The fraction of sp³-hybridized carbons (Fsp3) is 0.450. The molecule has 0 bridgehead atoms. The zero-order valence-electron chi connectivity index (χ0n) is 15.9. The van der Waals surface area contributed by atoms with E-state index in [1.54, 1.807) is 12.3 Å². The van der Waals surface area contributed by atoms with Gasteiger partial charge in [-0.25, -0.2) is 0 Å². The number of benzene rings is 1. The molecule has 1 aromatic carbocycles. The summed E-state index contributed by atoms with van der Waals surface area (Å²) < 4.78 is 11.6. The molecule has 2 unspecified atom stereocenters. The lowest BCUT2D eigenvalue weighted by Gasteiger charge is -2.31. The third-order valence-corrected chi connectivity index (χ3v) is 4.94. The Bertz CT molecular complexity index is 825. The molecule has 2 N–H and O–H groups in total. The molecule has 2 aromatic rings. The average molecular weight is 383 g/mol. The number of aromatic nitrogens is 2. The van der Waals surface area contributed by atoms with Gasteiger partial charge in [0, 0.05) is 32.2 Å². The predicted molar refractivity (Wildman–Crippen MR) is 106 cm³/mol. The summed E-state index contributed by atoms with van der Waals surface area (Å²) in [6, 6.07) is 9.37. The summed E-state index contributed by atoms with van der Waals surface area (Å²) in [4.78, 5) is 14.8. The molecule has 4 rings (SSSR count). The summed E-state index contributed by atoms with van der Waals surface area (Å²) in [5.41, 5.74) is 1.08. The Labute approximate surface area is 164 Å². The van der Waals surface area contributed by atoms with Crippen molar-refractivity contribution in [1.29, 1.82) is 0 Å². The number of fused-ring (bicyclic) bond motifs is 1. The van der Waals surface area contributed by atoms with Gasteiger partial charge in [0.1, 0.15) is 6.10 Å². The topological polar surface area (TPSA) is 88.6 Å². The summed E-state index contributed by atoms with van der Waals surface area (Å²) in [5.74, 6) is 1.77. The number of anilines is 2. The second kappa shape index (κ2) is 8.33. The van der Waals surface area contributed by atoms with Gasteiger partial charge in [0.15, 0.2) is 17.3 Å². The second-order valence-corrected chi connectivity index (χ2v) is 7.02. The van der Waals surface area contributed by atoms with E-state index >= 15 is 0 Å². The lowest BCUT2D eigenvalue weighted by Crippen LogP contribution is -2.49. The van der Waals surface area contributed by atoms with Gasteiger partial charge in [0.2, 0.25) is 6.10 Å². The van der Waals surface area contributed by atoms with Crippen molar-refractivity contribution >= 4 is 17.4 Å². The average Bonchev–Trinajstić information content (AvgIpc) is 3.26. The SMILES string of the molecule is CC1Oc2ccccc2OC1C(=O)NCCNc1cc(N2CCCC2)cnn1. The predicted octanol–water partition coefficient (Wildman–Crippen LogP) is 1.83. The van der Waals surface area contributed by atoms with Gasteiger partial charge in [-0.2, -0.15) is 5.10 Å². The van der Waals surface area contributed by atoms with Crippen molar-refractivity contribution in [3.63, 3.8) is 0 Å². The van der Waals surface area contributed by atoms with E-state index < -0.39 is 6.10 Å². The minimum absolute atomic E-state index is 0.194. The van der Waals surface area contributed by atoms with Crippen LogP contribution in [0.3, 0.4) is 0 Å². The fourth-order valence-corrected chi connectivity index (χ4v) is 3.47. The molecule has 2 aliphatic heterocycles. The van der Waals surface area contributed by atoms with Crippen molar-refractivity contribution in [2.24, 2.45) is 0 Å². The van der Waals surface area contributed by atoms with Crippen LogP contribution in [0.25, 0.3) is 0 Å². The van der Waals surface area contributed by atoms with E-state index in [1.165, 1.54) is 12.8 Å². The van der Waals surface area contributed by atoms with Crippen molar-refractivity contribution in [2.75, 3.05) is 36.4 Å². The first-order valence-electron chi connectivity index (χ1n) is 9.72. The molecule has 1 aromatic heterocycles. The Morgan fingerprint density at radius 1 is 1.18 bits per heavy atom. The third kappa shape index (κ3) is 4.11. The minimum Gasteiger partial charge on any atom is -0.482 e. The summed E-state index contributed by atoms with van der Waals surface area (Å²) in [5, 5.41) is 14.3. The number of amides is 1. The van der Waals surface area contributed by atoms with Gasteiger partial charge in [0.05, 0.1) is 11.9 Å². The standard InChI is InChI=1S/C20H25N5O3/c1-14-19(28-17-7-3-2-6-16(17)27-14)20(26)22-9-8-21-18-12-15(13-23-24-18)25-10-4-5-11-25/h2-3,6-7,12-14,19H,4-5,8-11H2,1H3,(H,21,24)(H,22,26). The van der Waals surface area contributed by atoms with E-state index in [4.69, 9.17) is 9.47 Å². The van der Waals surface area contributed by atoms with E-state index in [-0.39, 0.29) is 12.0 Å². The molecule has 1 amide bonds. The Balaban J connectivity index is 1.25. The smallest absolute Gasteiger partial charge is 0.265 e. The molecule has 2 aliphatic rings. The van der Waals surface area contributed by atoms with Crippen molar-refractivity contribution < 1.29 is 14.3 Å². The van der Waals surface area contributed by atoms with Gasteiger partial charge < -0.3 is 25.0 Å². The van der Waals surface area contributed by atoms with Crippen LogP contribution in [0.4, 0.5) is 11.5 Å². The Hall–Kier alpha value is -3.03. The van der Waals surface area contributed by atoms with Crippen LogP contribution in [-0.4, -0.2) is 54.5 Å². The quantitative estimate of drug-likeness (QED) is 0.736. The number of carbonyl (C=O) groups is 1. The first-order chi connectivity index (χ1) is 13.7. The van der Waals surface area contributed by atoms with Crippen LogP contribution >= 0.6 is 0 Å². The molecule has 0 saturated carbocycles.